The number of carbonyl (C=O) groups is 1. The van der Waals surface area contributed by atoms with E-state index in [4.69, 9.17) is 15.2 Å². The minimum Gasteiger partial charge on any atom is -0.493 e. The van der Waals surface area contributed by atoms with Crippen LogP contribution in [0.25, 0.3) is 17.1 Å². The molecule has 12 nitrogen and oxygen atoms in total. The summed E-state index contributed by atoms with van der Waals surface area (Å²) >= 11 is 3.48. The van der Waals surface area contributed by atoms with Crippen LogP contribution in [-0.2, 0) is 6.61 Å². The number of rotatable bonds is 9. The fraction of sp³-hybridized carbons (Fsp3) is 0.0769. The van der Waals surface area contributed by atoms with Crippen LogP contribution >= 0.6 is 15.9 Å². The van der Waals surface area contributed by atoms with Gasteiger partial charge in [0.25, 0.3) is 5.91 Å². The molecule has 1 amide bonds. The molecule has 0 unspecified atom stereocenters. The molecule has 0 radical (unpaired) electrons. The Bertz CT molecular complexity index is 1670. The highest BCUT2D eigenvalue weighted by Gasteiger charge is 2.26. The second kappa shape index (κ2) is 11.7. The number of nitrogen functional groups attached to an aromatic ring is 1. The van der Waals surface area contributed by atoms with Crippen LogP contribution in [0.1, 0.15) is 21.6 Å². The summed E-state index contributed by atoms with van der Waals surface area (Å²) in [4.78, 5) is 13.3. The number of ether oxygens (including phenoxy) is 2. The number of methoxy groups -OCH3 is 1. The van der Waals surface area contributed by atoms with E-state index in [9.17, 15) is 9.18 Å². The maximum atomic E-state index is 13.3. The van der Waals surface area contributed by atoms with E-state index < -0.39 is 5.91 Å². The lowest BCUT2D eigenvalue weighted by Gasteiger charge is -2.13. The summed E-state index contributed by atoms with van der Waals surface area (Å²) in [5, 5.41) is 19.5. The Morgan fingerprint density at radius 3 is 2.65 bits per heavy atom. The van der Waals surface area contributed by atoms with Gasteiger partial charge in [0.15, 0.2) is 17.2 Å². The van der Waals surface area contributed by atoms with Crippen LogP contribution in [0, 0.1) is 5.82 Å². The molecular formula is C26H20BrFN8O4. The van der Waals surface area contributed by atoms with Crippen LogP contribution in [0.3, 0.4) is 0 Å². The second-order valence-electron chi connectivity index (χ2n) is 8.19. The molecule has 0 aliphatic carbocycles. The minimum atomic E-state index is -0.632. The molecule has 5 aromatic rings. The number of amides is 1. The summed E-state index contributed by atoms with van der Waals surface area (Å²) in [7, 11) is 1.50. The van der Waals surface area contributed by atoms with Crippen molar-refractivity contribution >= 4 is 33.9 Å². The highest BCUT2D eigenvalue weighted by atomic mass is 79.9. The van der Waals surface area contributed by atoms with E-state index in [0.29, 0.717) is 27.1 Å². The number of benzene rings is 3. The van der Waals surface area contributed by atoms with E-state index in [1.54, 1.807) is 48.5 Å². The molecule has 2 heterocycles. The van der Waals surface area contributed by atoms with Gasteiger partial charge in [0.1, 0.15) is 18.1 Å². The minimum absolute atomic E-state index is 0.00806. The number of hydrogen-bond acceptors (Lipinski definition) is 10. The Labute approximate surface area is 234 Å². The Morgan fingerprint density at radius 2 is 1.95 bits per heavy atom. The number of nitrogens with two attached hydrogens (primary N) is 1. The van der Waals surface area contributed by atoms with E-state index in [-0.39, 0.29) is 35.4 Å². The van der Waals surface area contributed by atoms with Crippen LogP contribution in [-0.4, -0.2) is 44.5 Å². The first-order chi connectivity index (χ1) is 19.4. The van der Waals surface area contributed by atoms with E-state index in [2.05, 4.69) is 51.7 Å². The molecule has 0 aliphatic rings. The molecule has 5 rings (SSSR count). The molecule has 0 aliphatic heterocycles. The van der Waals surface area contributed by atoms with Gasteiger partial charge in [-0.25, -0.2) is 14.4 Å². The predicted octanol–water partition coefficient (Wildman–Crippen LogP) is 4.15. The summed E-state index contributed by atoms with van der Waals surface area (Å²) < 4.78 is 30.9. The molecule has 0 saturated carbocycles. The third kappa shape index (κ3) is 5.66. The molecule has 40 heavy (non-hydrogen) atoms. The lowest BCUT2D eigenvalue weighted by molar-refractivity contribution is 0.0947. The molecule has 2 aromatic heterocycles. The molecule has 0 fully saturated rings. The Hall–Kier alpha value is -5.11. The van der Waals surface area contributed by atoms with Gasteiger partial charge in [-0.05, 0) is 61.6 Å². The molecule has 202 valence electrons. The quantitative estimate of drug-likeness (QED) is 0.186. The molecule has 14 heteroatoms. The maximum Gasteiger partial charge on any atom is 0.292 e. The van der Waals surface area contributed by atoms with Gasteiger partial charge < -0.3 is 15.2 Å². The lowest BCUT2D eigenvalue weighted by Crippen LogP contribution is -2.22. The molecule has 0 bridgehead atoms. The average molecular weight is 607 g/mol. The van der Waals surface area contributed by atoms with Crippen LogP contribution in [0.15, 0.2) is 80.9 Å². The van der Waals surface area contributed by atoms with Crippen molar-refractivity contribution in [2.24, 2.45) is 5.10 Å². The van der Waals surface area contributed by atoms with Crippen LogP contribution in [0.4, 0.5) is 10.2 Å². The van der Waals surface area contributed by atoms with Gasteiger partial charge in [0.2, 0.25) is 11.6 Å². The highest BCUT2D eigenvalue weighted by Crippen LogP contribution is 2.37. The topological polar surface area (TPSA) is 156 Å². The van der Waals surface area contributed by atoms with Gasteiger partial charge in [0, 0.05) is 5.56 Å². The second-order valence-corrected chi connectivity index (χ2v) is 9.04. The van der Waals surface area contributed by atoms with Crippen molar-refractivity contribution in [3.8, 4) is 28.6 Å². The molecule has 3 aromatic carbocycles. The van der Waals surface area contributed by atoms with Gasteiger partial charge in [0.05, 0.1) is 17.8 Å². The number of hydrazone groups is 1. The summed E-state index contributed by atoms with van der Waals surface area (Å²) in [5.41, 5.74) is 10.6. The summed E-state index contributed by atoms with van der Waals surface area (Å²) in [5.74, 6) is -0.141. The van der Waals surface area contributed by atoms with Crippen molar-refractivity contribution in [2.75, 3.05) is 12.8 Å². The smallest absolute Gasteiger partial charge is 0.292 e. The van der Waals surface area contributed by atoms with Gasteiger partial charge in [-0.1, -0.05) is 47.7 Å². The Morgan fingerprint density at radius 1 is 1.18 bits per heavy atom. The Kier molecular flexibility index (Phi) is 7.77. The van der Waals surface area contributed by atoms with E-state index >= 15 is 0 Å². The summed E-state index contributed by atoms with van der Waals surface area (Å²) in [6, 6.07) is 18.4. The first kappa shape index (κ1) is 26.5. The van der Waals surface area contributed by atoms with Crippen molar-refractivity contribution in [1.82, 2.24) is 30.7 Å². The van der Waals surface area contributed by atoms with Crippen LogP contribution in [0.5, 0.6) is 11.5 Å². The largest absolute Gasteiger partial charge is 0.493 e. The standard InChI is InChI=1S/C26H20BrFN8O4/c1-38-20-12-16(11-19(27)23(20)39-14-15-7-9-18(28)10-8-15)13-30-32-26(37)22-21(17-5-3-2-4-6-17)31-35-36(22)25-24(29)33-40-34-25/h2-13H,14H2,1H3,(H2,29,33)(H,32,37)/b30-13+. The first-order valence-electron chi connectivity index (χ1n) is 11.6. The van der Waals surface area contributed by atoms with Crippen molar-refractivity contribution in [3.05, 3.63) is 93.8 Å². The Balaban J connectivity index is 1.36. The fourth-order valence-corrected chi connectivity index (χ4v) is 4.25. The number of halogens is 2. The van der Waals surface area contributed by atoms with E-state index in [0.717, 1.165) is 10.2 Å². The molecule has 3 N–H and O–H groups in total. The maximum absolute atomic E-state index is 13.3. The number of carbonyl (C=O) groups excluding carboxylic acids is 1. The molecule has 0 spiro atoms. The van der Waals surface area contributed by atoms with Crippen LogP contribution < -0.4 is 20.6 Å². The third-order valence-corrected chi connectivity index (χ3v) is 6.15. The third-order valence-electron chi connectivity index (χ3n) is 5.56. The van der Waals surface area contributed by atoms with Gasteiger partial charge in [-0.3, -0.25) is 4.79 Å². The van der Waals surface area contributed by atoms with Gasteiger partial charge in [-0.15, -0.1) is 5.10 Å². The van der Waals surface area contributed by atoms with Gasteiger partial charge in [-0.2, -0.15) is 9.78 Å². The number of nitrogens with one attached hydrogen (secondary N) is 1. The normalized spacial score (nSPS) is 11.1. The van der Waals surface area contributed by atoms with Crippen molar-refractivity contribution in [1.29, 1.82) is 0 Å². The molecule has 0 saturated heterocycles. The monoisotopic (exact) mass is 606 g/mol. The zero-order valence-electron chi connectivity index (χ0n) is 20.8. The van der Waals surface area contributed by atoms with Crippen molar-refractivity contribution < 1.29 is 23.3 Å². The fourth-order valence-electron chi connectivity index (χ4n) is 3.67. The molecule has 0 atom stereocenters. The zero-order valence-corrected chi connectivity index (χ0v) is 22.4. The SMILES string of the molecule is COc1cc(/C=N/NC(=O)c2c(-c3ccccc3)nnn2-c2nonc2N)cc(Br)c1OCc1ccc(F)cc1. The van der Waals surface area contributed by atoms with E-state index in [1.807, 2.05) is 6.07 Å². The van der Waals surface area contributed by atoms with Gasteiger partial charge >= 0.3 is 0 Å². The van der Waals surface area contributed by atoms with E-state index in [1.165, 1.54) is 25.5 Å². The molecular weight excluding hydrogens is 587 g/mol. The summed E-state index contributed by atoms with van der Waals surface area (Å²) in [6.45, 7) is 0.204. The lowest BCUT2D eigenvalue weighted by atomic mass is 10.1. The number of aromatic nitrogens is 5. The number of nitrogens with zero attached hydrogens (tertiary/aromatic N) is 6. The van der Waals surface area contributed by atoms with Crippen LogP contribution in [0.2, 0.25) is 0 Å². The highest BCUT2D eigenvalue weighted by molar-refractivity contribution is 9.10. The van der Waals surface area contributed by atoms with Crippen molar-refractivity contribution in [2.45, 2.75) is 6.61 Å². The zero-order chi connectivity index (χ0) is 28.1. The average Bonchev–Trinajstić information content (AvgIpc) is 3.59. The number of hydrogen-bond donors (Lipinski definition) is 2. The first-order valence-corrected chi connectivity index (χ1v) is 12.4. The van der Waals surface area contributed by atoms with Crippen molar-refractivity contribution in [3.63, 3.8) is 0 Å². The summed E-state index contributed by atoms with van der Waals surface area (Å²) in [6.07, 6.45) is 1.43. The predicted molar refractivity (Wildman–Crippen MR) is 146 cm³/mol. The number of anilines is 1.